The van der Waals surface area contributed by atoms with Crippen molar-refractivity contribution >= 4 is 5.82 Å². The van der Waals surface area contributed by atoms with Crippen molar-refractivity contribution in [2.75, 3.05) is 31.1 Å². The highest BCUT2D eigenvalue weighted by atomic mass is 16.5. The summed E-state index contributed by atoms with van der Waals surface area (Å²) in [5, 5.41) is 3.39. The van der Waals surface area contributed by atoms with Gasteiger partial charge in [0.15, 0.2) is 11.6 Å². The first kappa shape index (κ1) is 11.5. The maximum Gasteiger partial charge on any atom is 0.171 e. The minimum absolute atomic E-state index is 0.443. The Labute approximate surface area is 114 Å². The second-order valence-corrected chi connectivity index (χ2v) is 5.92. The Morgan fingerprint density at radius 3 is 2.63 bits per heavy atom. The van der Waals surface area contributed by atoms with Gasteiger partial charge in [-0.25, -0.2) is 4.98 Å². The molecule has 1 aliphatic heterocycles. The van der Waals surface area contributed by atoms with Crippen LogP contribution in [0.5, 0.6) is 5.75 Å². The predicted octanol–water partition coefficient (Wildman–Crippen LogP) is 1.91. The van der Waals surface area contributed by atoms with Gasteiger partial charge >= 0.3 is 0 Å². The Hall–Kier alpha value is -1.29. The molecule has 2 aliphatic carbocycles. The van der Waals surface area contributed by atoms with Crippen LogP contribution in [0.1, 0.15) is 37.2 Å². The van der Waals surface area contributed by atoms with Crippen LogP contribution in [0.3, 0.4) is 0 Å². The zero-order chi connectivity index (χ0) is 12.7. The molecular formula is C15H21N3O. The van der Waals surface area contributed by atoms with Gasteiger partial charge in [0.25, 0.3) is 0 Å². The SMILES string of the molecule is c1nc(N2CCNCC2)c(OC2CC2)cc1C1CC1. The first-order valence-corrected chi connectivity index (χ1v) is 7.52. The summed E-state index contributed by atoms with van der Waals surface area (Å²) in [6.45, 7) is 4.12. The molecule has 0 aromatic carbocycles. The maximum atomic E-state index is 6.10. The molecule has 1 aromatic heterocycles. The summed E-state index contributed by atoms with van der Waals surface area (Å²) in [5.74, 6) is 2.82. The summed E-state index contributed by atoms with van der Waals surface area (Å²) < 4.78 is 6.10. The highest BCUT2D eigenvalue weighted by Gasteiger charge is 2.29. The van der Waals surface area contributed by atoms with E-state index >= 15 is 0 Å². The quantitative estimate of drug-likeness (QED) is 0.896. The molecule has 0 unspecified atom stereocenters. The first-order valence-electron chi connectivity index (χ1n) is 7.52. The summed E-state index contributed by atoms with van der Waals surface area (Å²) >= 11 is 0. The van der Waals surface area contributed by atoms with Crippen LogP contribution in [0.25, 0.3) is 0 Å². The lowest BCUT2D eigenvalue weighted by molar-refractivity contribution is 0.301. The molecule has 4 nitrogen and oxygen atoms in total. The third-order valence-corrected chi connectivity index (χ3v) is 4.14. The van der Waals surface area contributed by atoms with E-state index in [1.165, 1.54) is 31.2 Å². The zero-order valence-corrected chi connectivity index (χ0v) is 11.3. The molecule has 1 aromatic rings. The molecule has 0 atom stereocenters. The van der Waals surface area contributed by atoms with Crippen molar-refractivity contribution in [2.24, 2.45) is 0 Å². The molecule has 2 saturated carbocycles. The summed E-state index contributed by atoms with van der Waals surface area (Å²) in [7, 11) is 0. The predicted molar refractivity (Wildman–Crippen MR) is 74.9 cm³/mol. The topological polar surface area (TPSA) is 37.4 Å². The minimum Gasteiger partial charge on any atom is -0.487 e. The van der Waals surface area contributed by atoms with Crippen molar-refractivity contribution in [3.63, 3.8) is 0 Å². The van der Waals surface area contributed by atoms with Crippen LogP contribution < -0.4 is 15.0 Å². The maximum absolute atomic E-state index is 6.10. The Kier molecular flexibility index (Phi) is 2.84. The number of rotatable bonds is 4. The van der Waals surface area contributed by atoms with Crippen molar-refractivity contribution in [3.05, 3.63) is 17.8 Å². The fraction of sp³-hybridized carbons (Fsp3) is 0.667. The lowest BCUT2D eigenvalue weighted by Crippen LogP contribution is -2.44. The van der Waals surface area contributed by atoms with Crippen molar-refractivity contribution in [3.8, 4) is 5.75 Å². The van der Waals surface area contributed by atoms with Gasteiger partial charge in [-0.15, -0.1) is 0 Å². The highest BCUT2D eigenvalue weighted by molar-refractivity contribution is 5.54. The average Bonchev–Trinajstić information content (AvgIpc) is 3.33. The van der Waals surface area contributed by atoms with Gasteiger partial charge in [-0.05, 0) is 43.2 Å². The van der Waals surface area contributed by atoms with Crippen molar-refractivity contribution in [1.82, 2.24) is 10.3 Å². The Morgan fingerprint density at radius 1 is 1.16 bits per heavy atom. The summed E-state index contributed by atoms with van der Waals surface area (Å²) in [6, 6.07) is 2.25. The minimum atomic E-state index is 0.443. The van der Waals surface area contributed by atoms with E-state index in [2.05, 4.69) is 22.5 Å². The molecule has 4 rings (SSSR count). The van der Waals surface area contributed by atoms with Gasteiger partial charge in [0.2, 0.25) is 0 Å². The number of aromatic nitrogens is 1. The molecule has 3 aliphatic rings. The third kappa shape index (κ3) is 2.54. The van der Waals surface area contributed by atoms with Gasteiger partial charge in [0.05, 0.1) is 6.10 Å². The molecule has 0 radical (unpaired) electrons. The lowest BCUT2D eigenvalue weighted by Gasteiger charge is -2.30. The number of anilines is 1. The Morgan fingerprint density at radius 2 is 1.95 bits per heavy atom. The van der Waals surface area contributed by atoms with Crippen molar-refractivity contribution in [2.45, 2.75) is 37.7 Å². The monoisotopic (exact) mass is 259 g/mol. The summed E-state index contributed by atoms with van der Waals surface area (Å²) in [6.07, 6.45) is 7.55. The van der Waals surface area contributed by atoms with Gasteiger partial charge in [-0.2, -0.15) is 0 Å². The Bertz CT molecular complexity index is 462. The number of nitrogens with zero attached hydrogens (tertiary/aromatic N) is 2. The lowest BCUT2D eigenvalue weighted by atomic mass is 10.2. The summed E-state index contributed by atoms with van der Waals surface area (Å²) in [4.78, 5) is 7.07. The number of piperazine rings is 1. The molecule has 4 heteroatoms. The fourth-order valence-electron chi connectivity index (χ4n) is 2.66. The van der Waals surface area contributed by atoms with Crippen LogP contribution in [0, 0.1) is 0 Å². The molecular weight excluding hydrogens is 238 g/mol. The third-order valence-electron chi connectivity index (χ3n) is 4.14. The van der Waals surface area contributed by atoms with E-state index in [-0.39, 0.29) is 0 Å². The second-order valence-electron chi connectivity index (χ2n) is 5.92. The van der Waals surface area contributed by atoms with E-state index in [0.29, 0.717) is 6.10 Å². The second kappa shape index (κ2) is 4.67. The van der Waals surface area contributed by atoms with Gasteiger partial charge in [-0.3, -0.25) is 0 Å². The van der Waals surface area contributed by atoms with Crippen LogP contribution in [-0.2, 0) is 0 Å². The smallest absolute Gasteiger partial charge is 0.171 e. The van der Waals surface area contributed by atoms with Gasteiger partial charge in [0, 0.05) is 32.4 Å². The Balaban J connectivity index is 1.62. The highest BCUT2D eigenvalue weighted by Crippen LogP contribution is 2.43. The molecule has 1 saturated heterocycles. The van der Waals surface area contributed by atoms with Crippen molar-refractivity contribution < 1.29 is 4.74 Å². The summed E-state index contributed by atoms with van der Waals surface area (Å²) in [5.41, 5.74) is 1.37. The van der Waals surface area contributed by atoms with Crippen LogP contribution in [0.2, 0.25) is 0 Å². The van der Waals surface area contributed by atoms with Crippen molar-refractivity contribution in [1.29, 1.82) is 0 Å². The molecule has 2 heterocycles. The van der Waals surface area contributed by atoms with E-state index in [1.54, 1.807) is 0 Å². The van der Waals surface area contributed by atoms with Crippen LogP contribution >= 0.6 is 0 Å². The van der Waals surface area contributed by atoms with E-state index in [4.69, 9.17) is 9.72 Å². The average molecular weight is 259 g/mol. The van der Waals surface area contributed by atoms with Gasteiger partial charge in [-0.1, -0.05) is 0 Å². The first-order chi connectivity index (χ1) is 9.40. The number of hydrogen-bond acceptors (Lipinski definition) is 4. The van der Waals surface area contributed by atoms with Crippen LogP contribution in [0.4, 0.5) is 5.82 Å². The molecule has 0 bridgehead atoms. The molecule has 1 N–H and O–H groups in total. The van der Waals surface area contributed by atoms with Gasteiger partial charge in [0.1, 0.15) is 0 Å². The number of ether oxygens (including phenoxy) is 1. The largest absolute Gasteiger partial charge is 0.487 e. The van der Waals surface area contributed by atoms with Gasteiger partial charge < -0.3 is 15.0 Å². The molecule has 0 amide bonds. The molecule has 3 fully saturated rings. The normalized spacial score (nSPS) is 23.5. The van der Waals surface area contributed by atoms with Crippen LogP contribution in [0.15, 0.2) is 12.3 Å². The standard InChI is InChI=1S/C15H21N3O/c1-2-11(1)12-9-14(19-13-3-4-13)15(17-10-12)18-7-5-16-6-8-18/h9-11,13,16H,1-8H2. The van der Waals surface area contributed by atoms with E-state index in [0.717, 1.165) is 43.7 Å². The number of hydrogen-bond donors (Lipinski definition) is 1. The van der Waals surface area contributed by atoms with E-state index < -0.39 is 0 Å². The van der Waals surface area contributed by atoms with E-state index in [1.807, 2.05) is 0 Å². The number of nitrogens with one attached hydrogen (secondary N) is 1. The molecule has 19 heavy (non-hydrogen) atoms. The van der Waals surface area contributed by atoms with Crippen LogP contribution in [-0.4, -0.2) is 37.3 Å². The fourth-order valence-corrected chi connectivity index (χ4v) is 2.66. The zero-order valence-electron chi connectivity index (χ0n) is 11.3. The molecule has 102 valence electrons. The number of pyridine rings is 1. The molecule has 0 spiro atoms. The van der Waals surface area contributed by atoms with E-state index in [9.17, 15) is 0 Å².